The summed E-state index contributed by atoms with van der Waals surface area (Å²) in [6, 6.07) is 16.2. The van der Waals surface area contributed by atoms with Crippen molar-refractivity contribution >= 4 is 11.9 Å². The first-order valence-corrected chi connectivity index (χ1v) is 6.66. The highest BCUT2D eigenvalue weighted by atomic mass is 16.5. The zero-order valence-electron chi connectivity index (χ0n) is 12.0. The van der Waals surface area contributed by atoms with Gasteiger partial charge in [0.15, 0.2) is 0 Å². The monoisotopic (exact) mass is 283 g/mol. The summed E-state index contributed by atoms with van der Waals surface area (Å²) >= 11 is 0. The molecule has 0 aliphatic rings. The second-order valence-electron chi connectivity index (χ2n) is 4.63. The maximum Gasteiger partial charge on any atom is 0.328 e. The quantitative estimate of drug-likeness (QED) is 0.878. The summed E-state index contributed by atoms with van der Waals surface area (Å²) in [5, 5.41) is 2.64. The average molecular weight is 283 g/mol. The third-order valence-corrected chi connectivity index (χ3v) is 3.16. The predicted octanol–water partition coefficient (Wildman–Crippen LogP) is 2.64. The molecule has 108 valence electrons. The largest absolute Gasteiger partial charge is 0.467 e. The van der Waals surface area contributed by atoms with Gasteiger partial charge >= 0.3 is 5.97 Å². The van der Waals surface area contributed by atoms with Crippen molar-refractivity contribution < 1.29 is 14.3 Å². The SMILES string of the molecule is COC(=O)[C@H](C)NC(=O)c1ccccc1-c1ccccc1. The highest BCUT2D eigenvalue weighted by Gasteiger charge is 2.19. The fourth-order valence-corrected chi connectivity index (χ4v) is 2.06. The molecule has 2 aromatic rings. The molecule has 0 saturated carbocycles. The molecular weight excluding hydrogens is 266 g/mol. The number of nitrogens with one attached hydrogen (secondary N) is 1. The van der Waals surface area contributed by atoms with E-state index < -0.39 is 12.0 Å². The van der Waals surface area contributed by atoms with Crippen molar-refractivity contribution in [3.63, 3.8) is 0 Å². The number of hydrogen-bond donors (Lipinski definition) is 1. The van der Waals surface area contributed by atoms with Gasteiger partial charge in [-0.05, 0) is 24.1 Å². The van der Waals surface area contributed by atoms with Crippen molar-refractivity contribution in [3.8, 4) is 11.1 Å². The Balaban J connectivity index is 2.28. The number of amides is 1. The number of benzene rings is 2. The van der Waals surface area contributed by atoms with E-state index >= 15 is 0 Å². The minimum Gasteiger partial charge on any atom is -0.467 e. The Labute approximate surface area is 123 Å². The van der Waals surface area contributed by atoms with Crippen molar-refractivity contribution in [1.82, 2.24) is 5.32 Å². The maximum absolute atomic E-state index is 12.4. The molecule has 4 heteroatoms. The van der Waals surface area contributed by atoms with Gasteiger partial charge < -0.3 is 10.1 Å². The summed E-state index contributed by atoms with van der Waals surface area (Å²) in [5.41, 5.74) is 2.31. The van der Waals surface area contributed by atoms with E-state index in [0.717, 1.165) is 11.1 Å². The molecule has 0 aliphatic carbocycles. The molecule has 1 atom stereocenters. The number of carbonyl (C=O) groups excluding carboxylic acids is 2. The Morgan fingerprint density at radius 2 is 1.62 bits per heavy atom. The molecule has 0 unspecified atom stereocenters. The van der Waals surface area contributed by atoms with Crippen LogP contribution >= 0.6 is 0 Å². The normalized spacial score (nSPS) is 11.5. The van der Waals surface area contributed by atoms with Gasteiger partial charge in [0, 0.05) is 5.56 Å². The van der Waals surface area contributed by atoms with Crippen LogP contribution in [-0.4, -0.2) is 25.0 Å². The topological polar surface area (TPSA) is 55.4 Å². The van der Waals surface area contributed by atoms with Crippen LogP contribution in [0.5, 0.6) is 0 Å². The number of hydrogen-bond acceptors (Lipinski definition) is 3. The van der Waals surface area contributed by atoms with Crippen molar-refractivity contribution in [3.05, 3.63) is 60.2 Å². The van der Waals surface area contributed by atoms with E-state index in [-0.39, 0.29) is 5.91 Å². The molecule has 0 radical (unpaired) electrons. The van der Waals surface area contributed by atoms with E-state index in [1.165, 1.54) is 7.11 Å². The zero-order chi connectivity index (χ0) is 15.2. The molecule has 2 rings (SSSR count). The van der Waals surface area contributed by atoms with Crippen LogP contribution in [0.2, 0.25) is 0 Å². The lowest BCUT2D eigenvalue weighted by Crippen LogP contribution is -2.39. The molecule has 0 fully saturated rings. The summed E-state index contributed by atoms with van der Waals surface area (Å²) in [6.45, 7) is 1.59. The molecule has 0 bridgehead atoms. The van der Waals surface area contributed by atoms with Crippen LogP contribution in [0, 0.1) is 0 Å². The van der Waals surface area contributed by atoms with Crippen molar-refractivity contribution in [2.45, 2.75) is 13.0 Å². The van der Waals surface area contributed by atoms with Crippen molar-refractivity contribution in [1.29, 1.82) is 0 Å². The van der Waals surface area contributed by atoms with Gasteiger partial charge in [-0.25, -0.2) is 4.79 Å². The van der Waals surface area contributed by atoms with Crippen molar-refractivity contribution in [2.75, 3.05) is 7.11 Å². The first-order valence-electron chi connectivity index (χ1n) is 6.66. The van der Waals surface area contributed by atoms with Crippen LogP contribution < -0.4 is 5.32 Å². The van der Waals surface area contributed by atoms with Gasteiger partial charge in [-0.3, -0.25) is 4.79 Å². The number of ether oxygens (including phenoxy) is 1. The van der Waals surface area contributed by atoms with E-state index in [1.54, 1.807) is 19.1 Å². The van der Waals surface area contributed by atoms with Gasteiger partial charge in [-0.15, -0.1) is 0 Å². The molecule has 4 nitrogen and oxygen atoms in total. The predicted molar refractivity (Wildman–Crippen MR) is 80.8 cm³/mol. The lowest BCUT2D eigenvalue weighted by molar-refractivity contribution is -0.142. The Bertz CT molecular complexity index is 637. The standard InChI is InChI=1S/C17H17NO3/c1-12(17(20)21-2)18-16(19)15-11-7-6-10-14(15)13-8-4-3-5-9-13/h3-12H,1-2H3,(H,18,19)/t12-/m0/s1. The number of methoxy groups -OCH3 is 1. The van der Waals surface area contributed by atoms with E-state index in [0.29, 0.717) is 5.56 Å². The van der Waals surface area contributed by atoms with Crippen LogP contribution in [0.1, 0.15) is 17.3 Å². The highest BCUT2D eigenvalue weighted by molar-refractivity contribution is 6.02. The van der Waals surface area contributed by atoms with Crippen LogP contribution in [0.15, 0.2) is 54.6 Å². The highest BCUT2D eigenvalue weighted by Crippen LogP contribution is 2.23. The second kappa shape index (κ2) is 6.70. The fourth-order valence-electron chi connectivity index (χ4n) is 2.06. The summed E-state index contributed by atoms with van der Waals surface area (Å²) in [5.74, 6) is -0.770. The van der Waals surface area contributed by atoms with Gasteiger partial charge in [0.2, 0.25) is 0 Å². The lowest BCUT2D eigenvalue weighted by atomic mass is 9.99. The van der Waals surface area contributed by atoms with Gasteiger partial charge in [0.1, 0.15) is 6.04 Å². The van der Waals surface area contributed by atoms with Crippen LogP contribution in [0.25, 0.3) is 11.1 Å². The summed E-state index contributed by atoms with van der Waals surface area (Å²) < 4.78 is 4.61. The summed E-state index contributed by atoms with van der Waals surface area (Å²) in [4.78, 5) is 23.7. The molecule has 2 aromatic carbocycles. The zero-order valence-corrected chi connectivity index (χ0v) is 12.0. The third kappa shape index (κ3) is 3.48. The smallest absolute Gasteiger partial charge is 0.328 e. The first kappa shape index (κ1) is 14.8. The number of esters is 1. The molecule has 21 heavy (non-hydrogen) atoms. The maximum atomic E-state index is 12.4. The molecule has 1 N–H and O–H groups in total. The van der Waals surface area contributed by atoms with Crippen LogP contribution in [0.4, 0.5) is 0 Å². The average Bonchev–Trinajstić information content (AvgIpc) is 2.54. The second-order valence-corrected chi connectivity index (χ2v) is 4.63. The van der Waals surface area contributed by atoms with Gasteiger partial charge in [-0.2, -0.15) is 0 Å². The molecule has 0 aromatic heterocycles. The minimum absolute atomic E-state index is 0.299. The molecule has 0 saturated heterocycles. The Morgan fingerprint density at radius 3 is 2.29 bits per heavy atom. The third-order valence-electron chi connectivity index (χ3n) is 3.16. The molecule has 0 aliphatic heterocycles. The Morgan fingerprint density at radius 1 is 1.00 bits per heavy atom. The van der Waals surface area contributed by atoms with Crippen LogP contribution in [-0.2, 0) is 9.53 Å². The van der Waals surface area contributed by atoms with E-state index in [1.807, 2.05) is 42.5 Å². The van der Waals surface area contributed by atoms with Crippen molar-refractivity contribution in [2.24, 2.45) is 0 Å². The number of rotatable bonds is 4. The fraction of sp³-hybridized carbons (Fsp3) is 0.176. The minimum atomic E-state index is -0.689. The molecule has 0 spiro atoms. The Kier molecular flexibility index (Phi) is 4.72. The van der Waals surface area contributed by atoms with E-state index in [4.69, 9.17) is 0 Å². The molecule has 0 heterocycles. The molecular formula is C17H17NO3. The summed E-state index contributed by atoms with van der Waals surface area (Å²) in [6.07, 6.45) is 0. The molecule has 1 amide bonds. The van der Waals surface area contributed by atoms with E-state index in [2.05, 4.69) is 10.1 Å². The number of carbonyl (C=O) groups is 2. The first-order chi connectivity index (χ1) is 10.1. The van der Waals surface area contributed by atoms with Crippen LogP contribution in [0.3, 0.4) is 0 Å². The van der Waals surface area contributed by atoms with Gasteiger partial charge in [0.25, 0.3) is 5.91 Å². The Hall–Kier alpha value is -2.62. The van der Waals surface area contributed by atoms with Gasteiger partial charge in [0.05, 0.1) is 7.11 Å². The van der Waals surface area contributed by atoms with Gasteiger partial charge in [-0.1, -0.05) is 48.5 Å². The lowest BCUT2D eigenvalue weighted by Gasteiger charge is -2.14. The summed E-state index contributed by atoms with van der Waals surface area (Å²) in [7, 11) is 1.29. The van der Waals surface area contributed by atoms with E-state index in [9.17, 15) is 9.59 Å².